The van der Waals surface area contributed by atoms with Crippen molar-refractivity contribution in [2.24, 2.45) is 0 Å². The highest BCUT2D eigenvalue weighted by Crippen LogP contribution is 2.43. The Labute approximate surface area is 161 Å². The van der Waals surface area contributed by atoms with Gasteiger partial charge in [0, 0.05) is 16.7 Å². The molecule has 2 N–H and O–H groups in total. The van der Waals surface area contributed by atoms with Gasteiger partial charge in [-0.1, -0.05) is 11.8 Å². The van der Waals surface area contributed by atoms with Crippen molar-refractivity contribution in [1.29, 1.82) is 0 Å². The predicted octanol–water partition coefficient (Wildman–Crippen LogP) is 3.80. The number of hydrogen-bond acceptors (Lipinski definition) is 5. The third kappa shape index (κ3) is 4.82. The average Bonchev–Trinajstić information content (AvgIpc) is 2.50. The minimum atomic E-state index is -0.258. The van der Waals surface area contributed by atoms with E-state index in [-0.39, 0.29) is 17.2 Å². The Kier molecular flexibility index (Phi) is 6.69. The van der Waals surface area contributed by atoms with E-state index in [0.29, 0.717) is 25.5 Å². The largest absolute Gasteiger partial charge is 0.494 e. The van der Waals surface area contributed by atoms with Gasteiger partial charge < -0.3 is 15.0 Å². The van der Waals surface area contributed by atoms with Crippen molar-refractivity contribution < 1.29 is 9.53 Å². The Hall–Kier alpha value is -0.840. The predicted molar refractivity (Wildman–Crippen MR) is 100 cm³/mol. The number of amides is 1. The smallest absolute Gasteiger partial charge is 0.251 e. The number of thioether (sulfide) groups is 1. The summed E-state index contributed by atoms with van der Waals surface area (Å²) >= 11 is 11.3. The molecule has 122 valence electrons. The second-order valence-corrected chi connectivity index (χ2v) is 7.60. The van der Waals surface area contributed by atoms with Crippen LogP contribution in [0, 0.1) is 0 Å². The van der Waals surface area contributed by atoms with E-state index >= 15 is 0 Å². The van der Waals surface area contributed by atoms with Crippen molar-refractivity contribution in [2.75, 3.05) is 18.2 Å². The summed E-state index contributed by atoms with van der Waals surface area (Å²) in [6.45, 7) is 0. The molecular formula is C13H10Br3N3O3S. The quantitative estimate of drug-likeness (QED) is 0.456. The van der Waals surface area contributed by atoms with Crippen molar-refractivity contribution in [2.45, 2.75) is 5.16 Å². The van der Waals surface area contributed by atoms with Gasteiger partial charge in [-0.25, -0.2) is 4.98 Å². The van der Waals surface area contributed by atoms with E-state index in [1.54, 1.807) is 6.07 Å². The van der Waals surface area contributed by atoms with Gasteiger partial charge in [-0.2, -0.15) is 0 Å². The van der Waals surface area contributed by atoms with Crippen LogP contribution in [-0.2, 0) is 4.79 Å². The zero-order valence-electron chi connectivity index (χ0n) is 11.7. The van der Waals surface area contributed by atoms with Crippen LogP contribution in [0.3, 0.4) is 0 Å². The summed E-state index contributed by atoms with van der Waals surface area (Å²) in [4.78, 5) is 29.8. The molecule has 1 heterocycles. The molecule has 0 aliphatic carbocycles. The van der Waals surface area contributed by atoms with E-state index in [4.69, 9.17) is 4.74 Å². The molecule has 1 aromatic carbocycles. The molecule has 0 aliphatic heterocycles. The molecule has 0 saturated heterocycles. The van der Waals surface area contributed by atoms with Gasteiger partial charge in [-0.3, -0.25) is 9.59 Å². The number of nitrogens with zero attached hydrogens (tertiary/aromatic N) is 1. The van der Waals surface area contributed by atoms with Crippen LogP contribution in [0.2, 0.25) is 0 Å². The topological polar surface area (TPSA) is 84.1 Å². The summed E-state index contributed by atoms with van der Waals surface area (Å²) in [5, 5.41) is 3.18. The summed E-state index contributed by atoms with van der Waals surface area (Å²) in [6.07, 6.45) is 1.39. The maximum atomic E-state index is 12.1. The Bertz CT molecular complexity index is 798. The van der Waals surface area contributed by atoms with E-state index in [2.05, 4.69) is 63.1 Å². The fraction of sp³-hybridized carbons (Fsp3) is 0.154. The highest BCUT2D eigenvalue weighted by Gasteiger charge is 2.17. The molecule has 0 fully saturated rings. The van der Waals surface area contributed by atoms with Crippen LogP contribution in [0.25, 0.3) is 0 Å². The van der Waals surface area contributed by atoms with Gasteiger partial charge in [0.2, 0.25) is 5.91 Å². The third-order valence-electron chi connectivity index (χ3n) is 2.58. The standard InChI is InChI=1S/C13H10Br3N3O3S/c1-22-12-7(15)4-6(14)11(10(12)16)18-9(21)5-23-13-17-3-2-8(20)19-13/h2-4H,5H2,1H3,(H,18,21)(H,17,19,20). The Morgan fingerprint density at radius 1 is 1.39 bits per heavy atom. The minimum Gasteiger partial charge on any atom is -0.494 e. The SMILES string of the molecule is COc1c(Br)cc(Br)c(NC(=O)CSc2nccc(=O)[nH]2)c1Br. The van der Waals surface area contributed by atoms with Crippen molar-refractivity contribution in [1.82, 2.24) is 9.97 Å². The number of hydrogen-bond donors (Lipinski definition) is 2. The lowest BCUT2D eigenvalue weighted by molar-refractivity contribution is -0.113. The fourth-order valence-corrected chi connectivity index (χ4v) is 4.90. The number of benzene rings is 1. The number of H-pyrrole nitrogens is 1. The number of nitrogens with one attached hydrogen (secondary N) is 2. The maximum absolute atomic E-state index is 12.1. The first-order valence-corrected chi connectivity index (χ1v) is 9.48. The molecule has 2 aromatic rings. The molecule has 1 amide bonds. The molecule has 1 aromatic heterocycles. The normalized spacial score (nSPS) is 10.4. The van der Waals surface area contributed by atoms with Gasteiger partial charge in [-0.05, 0) is 53.9 Å². The Morgan fingerprint density at radius 3 is 2.78 bits per heavy atom. The van der Waals surface area contributed by atoms with Crippen LogP contribution >= 0.6 is 59.6 Å². The summed E-state index contributed by atoms with van der Waals surface area (Å²) in [6, 6.07) is 3.09. The summed E-state index contributed by atoms with van der Waals surface area (Å²) < 4.78 is 7.33. The number of carbonyl (C=O) groups is 1. The molecule has 0 bridgehead atoms. The van der Waals surface area contributed by atoms with Crippen LogP contribution in [0.15, 0.2) is 41.7 Å². The lowest BCUT2D eigenvalue weighted by Gasteiger charge is -2.14. The van der Waals surface area contributed by atoms with Crippen LogP contribution in [0.4, 0.5) is 5.69 Å². The second-order valence-electron chi connectivity index (χ2n) is 4.14. The highest BCUT2D eigenvalue weighted by atomic mass is 79.9. The minimum absolute atomic E-state index is 0.101. The van der Waals surface area contributed by atoms with E-state index in [1.165, 1.54) is 19.4 Å². The number of anilines is 1. The molecule has 23 heavy (non-hydrogen) atoms. The summed E-state index contributed by atoms with van der Waals surface area (Å²) in [5.41, 5.74) is 0.302. The van der Waals surface area contributed by atoms with Gasteiger partial charge in [0.25, 0.3) is 5.56 Å². The van der Waals surface area contributed by atoms with Crippen molar-refractivity contribution in [3.05, 3.63) is 42.1 Å². The van der Waals surface area contributed by atoms with Crippen LogP contribution in [0.1, 0.15) is 0 Å². The number of carbonyl (C=O) groups excluding carboxylic acids is 1. The first-order chi connectivity index (χ1) is 10.9. The number of methoxy groups -OCH3 is 1. The van der Waals surface area contributed by atoms with E-state index in [0.717, 1.165) is 16.2 Å². The molecule has 0 spiro atoms. The van der Waals surface area contributed by atoms with E-state index in [1.807, 2.05) is 0 Å². The average molecular weight is 528 g/mol. The summed E-state index contributed by atoms with van der Waals surface area (Å²) in [5.74, 6) is 0.432. The van der Waals surface area contributed by atoms with Gasteiger partial charge in [0.1, 0.15) is 5.75 Å². The zero-order chi connectivity index (χ0) is 17.0. The van der Waals surface area contributed by atoms with Crippen molar-refractivity contribution >= 4 is 71.1 Å². The van der Waals surface area contributed by atoms with Crippen LogP contribution < -0.4 is 15.6 Å². The maximum Gasteiger partial charge on any atom is 0.251 e. The van der Waals surface area contributed by atoms with Gasteiger partial charge in [0.15, 0.2) is 5.16 Å². The molecular weight excluding hydrogens is 518 g/mol. The number of halogens is 3. The van der Waals surface area contributed by atoms with Gasteiger partial charge >= 0.3 is 0 Å². The lowest BCUT2D eigenvalue weighted by atomic mass is 10.3. The molecule has 2 rings (SSSR count). The fourth-order valence-electron chi connectivity index (χ4n) is 1.61. The highest BCUT2D eigenvalue weighted by molar-refractivity contribution is 9.11. The molecule has 10 heteroatoms. The van der Waals surface area contributed by atoms with Crippen LogP contribution in [0.5, 0.6) is 5.75 Å². The first-order valence-electron chi connectivity index (χ1n) is 6.12. The van der Waals surface area contributed by atoms with Gasteiger partial charge in [-0.15, -0.1) is 0 Å². The number of ether oxygens (including phenoxy) is 1. The number of aromatic amines is 1. The Morgan fingerprint density at radius 2 is 2.13 bits per heavy atom. The Balaban J connectivity index is 2.10. The number of rotatable bonds is 5. The van der Waals surface area contributed by atoms with Gasteiger partial charge in [0.05, 0.1) is 27.5 Å². The first kappa shape index (κ1) is 18.5. The van der Waals surface area contributed by atoms with Crippen molar-refractivity contribution in [3.63, 3.8) is 0 Å². The number of aromatic nitrogens is 2. The molecule has 0 unspecified atom stereocenters. The third-order valence-corrected chi connectivity index (χ3v) is 5.44. The van der Waals surface area contributed by atoms with Crippen LogP contribution in [-0.4, -0.2) is 28.7 Å². The van der Waals surface area contributed by atoms with E-state index in [9.17, 15) is 9.59 Å². The van der Waals surface area contributed by atoms with Crippen molar-refractivity contribution in [3.8, 4) is 5.75 Å². The zero-order valence-corrected chi connectivity index (χ0v) is 17.2. The molecule has 6 nitrogen and oxygen atoms in total. The monoisotopic (exact) mass is 525 g/mol. The second kappa shape index (κ2) is 8.32. The lowest BCUT2D eigenvalue weighted by Crippen LogP contribution is -2.16. The molecule has 0 saturated carbocycles. The van der Waals surface area contributed by atoms with E-state index < -0.39 is 0 Å². The molecule has 0 aliphatic rings. The summed E-state index contributed by atoms with van der Waals surface area (Å²) in [7, 11) is 1.54. The molecule has 0 atom stereocenters. The molecule has 0 radical (unpaired) electrons.